The second-order valence-electron chi connectivity index (χ2n) is 4.35. The summed E-state index contributed by atoms with van der Waals surface area (Å²) in [5, 5.41) is 3.40. The van der Waals surface area contributed by atoms with E-state index in [0.29, 0.717) is 5.91 Å². The second kappa shape index (κ2) is 7.13. The number of rotatable bonds is 5. The van der Waals surface area contributed by atoms with Gasteiger partial charge in [-0.1, -0.05) is 13.8 Å². The summed E-state index contributed by atoms with van der Waals surface area (Å²) in [6.45, 7) is 9.00. The molecule has 96 valence electrons. The molecule has 0 saturated carbocycles. The largest absolute Gasteiger partial charge is 0.341 e. The molecule has 1 aliphatic rings. The van der Waals surface area contributed by atoms with Crippen molar-refractivity contribution >= 4 is 18.3 Å². The van der Waals surface area contributed by atoms with Crippen LogP contribution >= 0.6 is 12.4 Å². The van der Waals surface area contributed by atoms with E-state index in [1.54, 1.807) is 0 Å². The van der Waals surface area contributed by atoms with Crippen molar-refractivity contribution in [2.45, 2.75) is 52.0 Å². The quantitative estimate of drug-likeness (QED) is 0.809. The highest BCUT2D eigenvalue weighted by Gasteiger charge is 2.41. The monoisotopic (exact) mass is 248 g/mol. The van der Waals surface area contributed by atoms with Gasteiger partial charge < -0.3 is 10.2 Å². The zero-order valence-corrected chi connectivity index (χ0v) is 11.5. The van der Waals surface area contributed by atoms with Crippen LogP contribution in [0, 0.1) is 0 Å². The van der Waals surface area contributed by atoms with E-state index in [4.69, 9.17) is 0 Å². The molecule has 1 amide bonds. The van der Waals surface area contributed by atoms with Crippen LogP contribution in [0.3, 0.4) is 0 Å². The van der Waals surface area contributed by atoms with Crippen molar-refractivity contribution in [1.82, 2.24) is 10.2 Å². The van der Waals surface area contributed by atoms with Crippen LogP contribution in [0.25, 0.3) is 0 Å². The van der Waals surface area contributed by atoms with Gasteiger partial charge in [-0.15, -0.1) is 12.4 Å². The number of hydrogen-bond acceptors (Lipinski definition) is 2. The minimum Gasteiger partial charge on any atom is -0.341 e. The Bertz CT molecular complexity index is 215. The van der Waals surface area contributed by atoms with E-state index in [0.717, 1.165) is 45.3 Å². The topological polar surface area (TPSA) is 32.3 Å². The van der Waals surface area contributed by atoms with Gasteiger partial charge in [0, 0.05) is 13.1 Å². The molecule has 0 aromatic heterocycles. The number of nitrogens with zero attached hydrogens (tertiary/aromatic N) is 1. The van der Waals surface area contributed by atoms with E-state index in [2.05, 4.69) is 26.1 Å². The smallest absolute Gasteiger partial charge is 0.242 e. The maximum atomic E-state index is 12.4. The first-order chi connectivity index (χ1) is 7.20. The summed E-state index contributed by atoms with van der Waals surface area (Å²) >= 11 is 0. The van der Waals surface area contributed by atoms with Gasteiger partial charge >= 0.3 is 0 Å². The normalized spacial score (nSPS) is 23.9. The Labute approximate surface area is 105 Å². The summed E-state index contributed by atoms with van der Waals surface area (Å²) in [6, 6.07) is 0. The number of carbonyl (C=O) groups excluding carboxylic acids is 1. The molecule has 1 atom stereocenters. The highest BCUT2D eigenvalue weighted by molar-refractivity contribution is 5.86. The fourth-order valence-electron chi connectivity index (χ4n) is 2.42. The van der Waals surface area contributed by atoms with E-state index in [9.17, 15) is 4.79 Å². The van der Waals surface area contributed by atoms with Gasteiger partial charge in [0.25, 0.3) is 0 Å². The molecular weight excluding hydrogens is 224 g/mol. The first-order valence-electron chi connectivity index (χ1n) is 6.24. The molecule has 1 fully saturated rings. The molecule has 1 heterocycles. The Hall–Kier alpha value is -0.280. The first-order valence-corrected chi connectivity index (χ1v) is 6.24. The van der Waals surface area contributed by atoms with Crippen molar-refractivity contribution in [3.8, 4) is 0 Å². The third-order valence-corrected chi connectivity index (χ3v) is 3.42. The number of amides is 1. The van der Waals surface area contributed by atoms with Crippen molar-refractivity contribution in [1.29, 1.82) is 0 Å². The van der Waals surface area contributed by atoms with Crippen LogP contribution in [-0.2, 0) is 4.79 Å². The fraction of sp³-hybridized carbons (Fsp3) is 0.917. The lowest BCUT2D eigenvalue weighted by Gasteiger charge is -2.33. The zero-order valence-electron chi connectivity index (χ0n) is 10.7. The molecule has 16 heavy (non-hydrogen) atoms. The van der Waals surface area contributed by atoms with Gasteiger partial charge in [-0.25, -0.2) is 0 Å². The van der Waals surface area contributed by atoms with Gasteiger partial charge in [0.2, 0.25) is 5.91 Å². The van der Waals surface area contributed by atoms with Crippen LogP contribution < -0.4 is 5.32 Å². The van der Waals surface area contributed by atoms with Crippen molar-refractivity contribution in [3.63, 3.8) is 0 Å². The number of likely N-dealkylation sites (N-methyl/N-ethyl adjacent to an activating group) is 1. The molecular formula is C12H25ClN2O. The van der Waals surface area contributed by atoms with Crippen molar-refractivity contribution in [2.75, 3.05) is 19.6 Å². The van der Waals surface area contributed by atoms with Crippen LogP contribution in [0.5, 0.6) is 0 Å². The van der Waals surface area contributed by atoms with E-state index < -0.39 is 0 Å². The molecule has 0 spiro atoms. The Morgan fingerprint density at radius 1 is 1.38 bits per heavy atom. The zero-order chi connectivity index (χ0) is 11.3. The molecule has 1 saturated heterocycles. The Morgan fingerprint density at radius 2 is 2.06 bits per heavy atom. The first kappa shape index (κ1) is 15.7. The minimum atomic E-state index is -0.245. The van der Waals surface area contributed by atoms with Crippen LogP contribution in [0.1, 0.15) is 46.5 Å². The fourth-order valence-corrected chi connectivity index (χ4v) is 2.42. The second-order valence-corrected chi connectivity index (χ2v) is 4.35. The molecule has 4 heteroatoms. The van der Waals surface area contributed by atoms with Crippen LogP contribution in [-0.4, -0.2) is 36.0 Å². The average Bonchev–Trinajstić information content (AvgIpc) is 2.74. The van der Waals surface area contributed by atoms with Gasteiger partial charge in [0.1, 0.15) is 0 Å². The third kappa shape index (κ3) is 3.11. The average molecular weight is 249 g/mol. The van der Waals surface area contributed by atoms with Gasteiger partial charge in [0.15, 0.2) is 0 Å². The molecule has 1 aliphatic heterocycles. The van der Waals surface area contributed by atoms with E-state index in [-0.39, 0.29) is 17.9 Å². The summed E-state index contributed by atoms with van der Waals surface area (Å²) in [5.74, 6) is 0.312. The lowest BCUT2D eigenvalue weighted by Crippen LogP contribution is -2.54. The standard InChI is InChI=1S/C12H24N2O.ClH/c1-4-10-14(6-3)11(15)12(5-2)8-7-9-13-12;/h13H,4-10H2,1-3H3;1H. The summed E-state index contributed by atoms with van der Waals surface area (Å²) in [5.41, 5.74) is -0.245. The van der Waals surface area contributed by atoms with Gasteiger partial charge in [-0.3, -0.25) is 4.79 Å². The maximum absolute atomic E-state index is 12.4. The number of hydrogen-bond donors (Lipinski definition) is 1. The molecule has 3 nitrogen and oxygen atoms in total. The molecule has 0 radical (unpaired) electrons. The summed E-state index contributed by atoms with van der Waals surface area (Å²) < 4.78 is 0. The Morgan fingerprint density at radius 3 is 2.44 bits per heavy atom. The summed E-state index contributed by atoms with van der Waals surface area (Å²) in [7, 11) is 0. The number of nitrogens with one attached hydrogen (secondary N) is 1. The van der Waals surface area contributed by atoms with Crippen molar-refractivity contribution in [2.24, 2.45) is 0 Å². The van der Waals surface area contributed by atoms with Crippen molar-refractivity contribution in [3.05, 3.63) is 0 Å². The summed E-state index contributed by atoms with van der Waals surface area (Å²) in [4.78, 5) is 14.4. The minimum absolute atomic E-state index is 0. The maximum Gasteiger partial charge on any atom is 0.242 e. The summed E-state index contributed by atoms with van der Waals surface area (Å²) in [6.07, 6.45) is 4.08. The number of carbonyl (C=O) groups is 1. The predicted molar refractivity (Wildman–Crippen MR) is 70.1 cm³/mol. The SMILES string of the molecule is CCCN(CC)C(=O)C1(CC)CCCN1.Cl. The molecule has 1 N–H and O–H groups in total. The molecule has 0 bridgehead atoms. The van der Waals surface area contributed by atoms with Gasteiger partial charge in [-0.2, -0.15) is 0 Å². The van der Waals surface area contributed by atoms with Gasteiger partial charge in [0.05, 0.1) is 5.54 Å². The number of halogens is 1. The molecule has 0 aliphatic carbocycles. The molecule has 0 aromatic rings. The molecule has 1 unspecified atom stereocenters. The van der Waals surface area contributed by atoms with Gasteiger partial charge in [-0.05, 0) is 39.2 Å². The third-order valence-electron chi connectivity index (χ3n) is 3.42. The highest BCUT2D eigenvalue weighted by atomic mass is 35.5. The van der Waals surface area contributed by atoms with E-state index in [1.807, 2.05) is 4.90 Å². The van der Waals surface area contributed by atoms with E-state index >= 15 is 0 Å². The Balaban J connectivity index is 0.00000225. The van der Waals surface area contributed by atoms with E-state index in [1.165, 1.54) is 0 Å². The lowest BCUT2D eigenvalue weighted by molar-refractivity contribution is -0.137. The highest BCUT2D eigenvalue weighted by Crippen LogP contribution is 2.25. The molecule has 0 aromatic carbocycles. The van der Waals surface area contributed by atoms with Crippen LogP contribution in [0.4, 0.5) is 0 Å². The predicted octanol–water partition coefficient (Wildman–Crippen LogP) is 2.20. The lowest BCUT2D eigenvalue weighted by atomic mass is 9.92. The van der Waals surface area contributed by atoms with Crippen LogP contribution in [0.2, 0.25) is 0 Å². The van der Waals surface area contributed by atoms with Crippen LogP contribution in [0.15, 0.2) is 0 Å². The molecule has 1 rings (SSSR count). The van der Waals surface area contributed by atoms with Crippen molar-refractivity contribution < 1.29 is 4.79 Å². The Kier molecular flexibility index (Phi) is 7.00.